The molecule has 0 aliphatic rings. The van der Waals surface area contributed by atoms with Crippen molar-refractivity contribution in [1.29, 1.82) is 0 Å². The van der Waals surface area contributed by atoms with E-state index >= 15 is 0 Å². The standard InChI is InChI=1S/C15H19FN2OS/c1-3-13(15-18-10(2)9-20-15)17-8-14(19)11-4-6-12(16)7-5-11/h4-7,9,13-14,17,19H,3,8H2,1-2H3. The molecular weight excluding hydrogens is 275 g/mol. The average molecular weight is 294 g/mol. The van der Waals surface area contributed by atoms with Crippen LogP contribution in [0.3, 0.4) is 0 Å². The molecule has 20 heavy (non-hydrogen) atoms. The van der Waals surface area contributed by atoms with Crippen LogP contribution in [-0.2, 0) is 0 Å². The van der Waals surface area contributed by atoms with E-state index in [-0.39, 0.29) is 11.9 Å². The number of rotatable bonds is 6. The van der Waals surface area contributed by atoms with E-state index in [4.69, 9.17) is 0 Å². The number of aryl methyl sites for hydroxylation is 1. The maximum atomic E-state index is 12.8. The third-order valence-electron chi connectivity index (χ3n) is 3.16. The summed E-state index contributed by atoms with van der Waals surface area (Å²) in [5.74, 6) is -0.293. The number of aromatic nitrogens is 1. The Bertz CT molecular complexity index is 541. The number of thiazole rings is 1. The van der Waals surface area contributed by atoms with Crippen LogP contribution < -0.4 is 5.32 Å². The molecule has 2 aromatic rings. The topological polar surface area (TPSA) is 45.1 Å². The van der Waals surface area contributed by atoms with Crippen LogP contribution in [0.25, 0.3) is 0 Å². The molecule has 0 aliphatic heterocycles. The third-order valence-corrected chi connectivity index (χ3v) is 4.23. The first-order valence-corrected chi connectivity index (χ1v) is 7.57. The van der Waals surface area contributed by atoms with E-state index in [9.17, 15) is 9.50 Å². The lowest BCUT2D eigenvalue weighted by atomic mass is 10.1. The van der Waals surface area contributed by atoms with E-state index in [1.54, 1.807) is 23.5 Å². The first-order chi connectivity index (χ1) is 9.60. The van der Waals surface area contributed by atoms with Gasteiger partial charge in [-0.1, -0.05) is 19.1 Å². The van der Waals surface area contributed by atoms with Crippen LogP contribution in [0.1, 0.15) is 41.8 Å². The number of halogens is 1. The summed E-state index contributed by atoms with van der Waals surface area (Å²) < 4.78 is 12.8. The normalized spacial score (nSPS) is 14.2. The number of benzene rings is 1. The molecule has 0 saturated carbocycles. The van der Waals surface area contributed by atoms with E-state index in [1.807, 2.05) is 12.3 Å². The summed E-state index contributed by atoms with van der Waals surface area (Å²) in [5.41, 5.74) is 1.73. The summed E-state index contributed by atoms with van der Waals surface area (Å²) in [4.78, 5) is 4.47. The van der Waals surface area contributed by atoms with Crippen LogP contribution in [0, 0.1) is 12.7 Å². The quantitative estimate of drug-likeness (QED) is 0.858. The minimum atomic E-state index is -0.647. The summed E-state index contributed by atoms with van der Waals surface area (Å²) in [7, 11) is 0. The molecule has 2 N–H and O–H groups in total. The number of hydrogen-bond acceptors (Lipinski definition) is 4. The predicted octanol–water partition coefficient (Wildman–Crippen LogP) is 3.36. The highest BCUT2D eigenvalue weighted by atomic mass is 32.1. The van der Waals surface area contributed by atoms with Crippen molar-refractivity contribution in [3.8, 4) is 0 Å². The van der Waals surface area contributed by atoms with Gasteiger partial charge in [-0.25, -0.2) is 9.37 Å². The first kappa shape index (κ1) is 15.1. The SMILES string of the molecule is CCC(NCC(O)c1ccc(F)cc1)c1nc(C)cs1. The van der Waals surface area contributed by atoms with E-state index in [2.05, 4.69) is 17.2 Å². The second kappa shape index (κ2) is 6.92. The van der Waals surface area contributed by atoms with Gasteiger partial charge in [0.2, 0.25) is 0 Å². The summed E-state index contributed by atoms with van der Waals surface area (Å²) in [6, 6.07) is 6.08. The van der Waals surface area contributed by atoms with E-state index in [0.29, 0.717) is 12.1 Å². The van der Waals surface area contributed by atoms with E-state index < -0.39 is 6.10 Å². The Balaban J connectivity index is 1.94. The van der Waals surface area contributed by atoms with Crippen molar-refractivity contribution in [3.05, 3.63) is 51.7 Å². The lowest BCUT2D eigenvalue weighted by molar-refractivity contribution is 0.169. The van der Waals surface area contributed by atoms with Gasteiger partial charge < -0.3 is 10.4 Å². The number of aliphatic hydroxyl groups is 1. The van der Waals surface area contributed by atoms with Crippen molar-refractivity contribution in [2.24, 2.45) is 0 Å². The molecule has 3 nitrogen and oxygen atoms in total. The van der Waals surface area contributed by atoms with Gasteiger partial charge >= 0.3 is 0 Å². The van der Waals surface area contributed by atoms with Gasteiger partial charge in [-0.2, -0.15) is 0 Å². The molecule has 0 fully saturated rings. The van der Waals surface area contributed by atoms with Gasteiger partial charge in [-0.15, -0.1) is 11.3 Å². The molecule has 0 saturated heterocycles. The van der Waals surface area contributed by atoms with Gasteiger partial charge in [0, 0.05) is 17.6 Å². The molecule has 1 aromatic carbocycles. The third kappa shape index (κ3) is 3.85. The van der Waals surface area contributed by atoms with Crippen LogP contribution in [0.15, 0.2) is 29.6 Å². The minimum Gasteiger partial charge on any atom is -0.387 e. The fourth-order valence-electron chi connectivity index (χ4n) is 2.00. The number of nitrogens with zero attached hydrogens (tertiary/aromatic N) is 1. The second-order valence-corrected chi connectivity index (χ2v) is 5.65. The largest absolute Gasteiger partial charge is 0.387 e. The Labute approximate surface area is 122 Å². The first-order valence-electron chi connectivity index (χ1n) is 6.69. The molecule has 1 aromatic heterocycles. The summed E-state index contributed by atoms with van der Waals surface area (Å²) in [6.45, 7) is 4.47. The van der Waals surface area contributed by atoms with E-state index in [1.165, 1.54) is 12.1 Å². The van der Waals surface area contributed by atoms with Crippen molar-refractivity contribution in [2.75, 3.05) is 6.54 Å². The Morgan fingerprint density at radius 3 is 2.60 bits per heavy atom. The Morgan fingerprint density at radius 1 is 1.35 bits per heavy atom. The molecule has 0 aliphatic carbocycles. The van der Waals surface area contributed by atoms with Crippen molar-refractivity contribution in [2.45, 2.75) is 32.4 Å². The van der Waals surface area contributed by atoms with Crippen LogP contribution in [-0.4, -0.2) is 16.6 Å². The number of nitrogens with one attached hydrogen (secondary N) is 1. The van der Waals surface area contributed by atoms with Gasteiger partial charge in [-0.05, 0) is 31.0 Å². The number of hydrogen-bond donors (Lipinski definition) is 2. The Hall–Kier alpha value is -1.30. The lowest BCUT2D eigenvalue weighted by Crippen LogP contribution is -2.26. The van der Waals surface area contributed by atoms with Crippen molar-refractivity contribution in [3.63, 3.8) is 0 Å². The van der Waals surface area contributed by atoms with Crippen LogP contribution in [0.2, 0.25) is 0 Å². The Morgan fingerprint density at radius 2 is 2.05 bits per heavy atom. The molecule has 0 amide bonds. The summed E-state index contributed by atoms with van der Waals surface area (Å²) >= 11 is 1.63. The van der Waals surface area contributed by atoms with E-state index in [0.717, 1.165) is 17.1 Å². The molecule has 0 bridgehead atoms. The molecule has 5 heteroatoms. The zero-order valence-corrected chi connectivity index (χ0v) is 12.5. The zero-order chi connectivity index (χ0) is 14.5. The van der Waals surface area contributed by atoms with Gasteiger partial charge in [0.25, 0.3) is 0 Å². The Kier molecular flexibility index (Phi) is 5.23. The molecule has 0 radical (unpaired) electrons. The molecular formula is C15H19FN2OS. The van der Waals surface area contributed by atoms with Crippen LogP contribution in [0.5, 0.6) is 0 Å². The second-order valence-electron chi connectivity index (χ2n) is 4.76. The van der Waals surface area contributed by atoms with Crippen LogP contribution in [0.4, 0.5) is 4.39 Å². The molecule has 0 spiro atoms. The smallest absolute Gasteiger partial charge is 0.123 e. The maximum absolute atomic E-state index is 12.8. The highest BCUT2D eigenvalue weighted by molar-refractivity contribution is 7.09. The zero-order valence-electron chi connectivity index (χ0n) is 11.6. The lowest BCUT2D eigenvalue weighted by Gasteiger charge is -2.18. The van der Waals surface area contributed by atoms with Crippen LogP contribution >= 0.6 is 11.3 Å². The van der Waals surface area contributed by atoms with Gasteiger partial charge in [-0.3, -0.25) is 0 Å². The molecule has 108 valence electrons. The monoisotopic (exact) mass is 294 g/mol. The fraction of sp³-hybridized carbons (Fsp3) is 0.400. The highest BCUT2D eigenvalue weighted by Gasteiger charge is 2.15. The van der Waals surface area contributed by atoms with Crippen molar-refractivity contribution in [1.82, 2.24) is 10.3 Å². The fourth-order valence-corrected chi connectivity index (χ4v) is 2.95. The molecule has 2 unspecified atom stereocenters. The van der Waals surface area contributed by atoms with Gasteiger partial charge in [0.1, 0.15) is 10.8 Å². The van der Waals surface area contributed by atoms with Crippen molar-refractivity contribution < 1.29 is 9.50 Å². The average Bonchev–Trinajstić information content (AvgIpc) is 2.86. The summed E-state index contributed by atoms with van der Waals surface area (Å²) in [6.07, 6.45) is 0.258. The van der Waals surface area contributed by atoms with Crippen molar-refractivity contribution >= 4 is 11.3 Å². The highest BCUT2D eigenvalue weighted by Crippen LogP contribution is 2.22. The predicted molar refractivity (Wildman–Crippen MR) is 79.2 cm³/mol. The molecule has 1 heterocycles. The maximum Gasteiger partial charge on any atom is 0.123 e. The minimum absolute atomic E-state index is 0.142. The summed E-state index contributed by atoms with van der Waals surface area (Å²) in [5, 5.41) is 16.5. The molecule has 2 rings (SSSR count). The molecule has 2 atom stereocenters. The van der Waals surface area contributed by atoms with Gasteiger partial charge in [0.05, 0.1) is 12.1 Å². The van der Waals surface area contributed by atoms with Gasteiger partial charge in [0.15, 0.2) is 0 Å². The number of aliphatic hydroxyl groups excluding tert-OH is 1.